The second-order valence-corrected chi connectivity index (χ2v) is 5.33. The van der Waals surface area contributed by atoms with Gasteiger partial charge in [0, 0.05) is 18.8 Å². The molecule has 0 amide bonds. The lowest BCUT2D eigenvalue weighted by atomic mass is 10.0. The number of aryl methyl sites for hydroxylation is 2. The summed E-state index contributed by atoms with van der Waals surface area (Å²) in [7, 11) is 0. The molecule has 0 aromatic carbocycles. The molecule has 0 bridgehead atoms. The lowest BCUT2D eigenvalue weighted by molar-refractivity contribution is 0.1000. The quantitative estimate of drug-likeness (QED) is 0.804. The Bertz CT molecular complexity index is 391. The van der Waals surface area contributed by atoms with Crippen LogP contribution in [0.15, 0.2) is 0 Å². The topological polar surface area (TPSA) is 27.1 Å². The SMILES string of the molecule is Cc1nc2c(n1CCC1CCCO1)CCCC2. The molecule has 3 nitrogen and oxygen atoms in total. The number of aromatic nitrogens is 2. The zero-order valence-electron chi connectivity index (χ0n) is 10.7. The molecule has 0 radical (unpaired) electrons. The van der Waals surface area contributed by atoms with Gasteiger partial charge in [0.1, 0.15) is 5.82 Å². The molecule has 0 N–H and O–H groups in total. The minimum Gasteiger partial charge on any atom is -0.378 e. The first-order chi connectivity index (χ1) is 8.34. The minimum absolute atomic E-state index is 0.496. The molecule has 94 valence electrons. The van der Waals surface area contributed by atoms with Crippen molar-refractivity contribution in [2.75, 3.05) is 6.61 Å². The summed E-state index contributed by atoms with van der Waals surface area (Å²) < 4.78 is 8.14. The van der Waals surface area contributed by atoms with E-state index in [1.54, 1.807) is 0 Å². The Morgan fingerprint density at radius 2 is 2.18 bits per heavy atom. The van der Waals surface area contributed by atoms with Gasteiger partial charge < -0.3 is 9.30 Å². The number of rotatable bonds is 3. The molecule has 1 aromatic heterocycles. The predicted molar refractivity (Wildman–Crippen MR) is 67.2 cm³/mol. The van der Waals surface area contributed by atoms with E-state index in [-0.39, 0.29) is 0 Å². The number of nitrogens with zero attached hydrogens (tertiary/aromatic N) is 2. The zero-order chi connectivity index (χ0) is 11.7. The van der Waals surface area contributed by atoms with Crippen LogP contribution in [0.5, 0.6) is 0 Å². The van der Waals surface area contributed by atoms with Crippen molar-refractivity contribution in [3.63, 3.8) is 0 Å². The Morgan fingerprint density at radius 3 is 3.00 bits per heavy atom. The van der Waals surface area contributed by atoms with Crippen molar-refractivity contribution in [3.8, 4) is 0 Å². The van der Waals surface area contributed by atoms with E-state index < -0.39 is 0 Å². The highest BCUT2D eigenvalue weighted by Gasteiger charge is 2.20. The molecule has 0 saturated carbocycles. The maximum atomic E-state index is 5.70. The Kier molecular flexibility index (Phi) is 3.19. The molecule has 1 unspecified atom stereocenters. The minimum atomic E-state index is 0.496. The summed E-state index contributed by atoms with van der Waals surface area (Å²) in [5.41, 5.74) is 2.87. The molecule has 17 heavy (non-hydrogen) atoms. The Hall–Kier alpha value is -0.830. The number of fused-ring (bicyclic) bond motifs is 1. The van der Waals surface area contributed by atoms with E-state index in [9.17, 15) is 0 Å². The average molecular weight is 234 g/mol. The molecule has 3 rings (SSSR count). The van der Waals surface area contributed by atoms with E-state index in [2.05, 4.69) is 11.5 Å². The largest absolute Gasteiger partial charge is 0.378 e. The molecule has 1 aliphatic carbocycles. The first-order valence-corrected chi connectivity index (χ1v) is 7.01. The monoisotopic (exact) mass is 234 g/mol. The molecule has 1 aliphatic heterocycles. The third-order valence-corrected chi connectivity index (χ3v) is 4.12. The third kappa shape index (κ3) is 2.25. The van der Waals surface area contributed by atoms with E-state index in [1.165, 1.54) is 55.7 Å². The van der Waals surface area contributed by atoms with E-state index in [4.69, 9.17) is 9.72 Å². The van der Waals surface area contributed by atoms with Crippen LogP contribution in [0.25, 0.3) is 0 Å². The van der Waals surface area contributed by atoms with Crippen LogP contribution in [0.3, 0.4) is 0 Å². The third-order valence-electron chi connectivity index (χ3n) is 4.12. The lowest BCUT2D eigenvalue weighted by Crippen LogP contribution is -2.14. The summed E-state index contributed by atoms with van der Waals surface area (Å²) >= 11 is 0. The van der Waals surface area contributed by atoms with E-state index >= 15 is 0 Å². The molecule has 0 spiro atoms. The zero-order valence-corrected chi connectivity index (χ0v) is 10.7. The van der Waals surface area contributed by atoms with Crippen LogP contribution in [-0.4, -0.2) is 22.3 Å². The highest BCUT2D eigenvalue weighted by Crippen LogP contribution is 2.23. The van der Waals surface area contributed by atoms with Gasteiger partial charge in [0.25, 0.3) is 0 Å². The average Bonchev–Trinajstić information content (AvgIpc) is 2.93. The number of imidazole rings is 1. The van der Waals surface area contributed by atoms with E-state index in [1.807, 2.05) is 0 Å². The standard InChI is InChI=1S/C14H22N2O/c1-11-15-13-6-2-3-7-14(13)16(11)9-8-12-5-4-10-17-12/h12H,2-10H2,1H3. The molecule has 1 atom stereocenters. The van der Waals surface area contributed by atoms with Crippen LogP contribution in [0.1, 0.15) is 49.3 Å². The number of hydrogen-bond acceptors (Lipinski definition) is 2. The second kappa shape index (κ2) is 4.81. The van der Waals surface area contributed by atoms with Crippen molar-refractivity contribution in [1.29, 1.82) is 0 Å². The predicted octanol–water partition coefficient (Wildman–Crippen LogP) is 2.64. The lowest BCUT2D eigenvalue weighted by Gasteiger charge is -2.16. The van der Waals surface area contributed by atoms with Crippen LogP contribution in [0, 0.1) is 6.92 Å². The van der Waals surface area contributed by atoms with Gasteiger partial charge >= 0.3 is 0 Å². The summed E-state index contributed by atoms with van der Waals surface area (Å²) in [6.45, 7) is 4.21. The van der Waals surface area contributed by atoms with Gasteiger partial charge in [0.15, 0.2) is 0 Å². The molecule has 1 fully saturated rings. The number of hydrogen-bond donors (Lipinski definition) is 0. The molecular formula is C14H22N2O. The fraction of sp³-hybridized carbons (Fsp3) is 0.786. The number of ether oxygens (including phenoxy) is 1. The van der Waals surface area contributed by atoms with Crippen molar-refractivity contribution in [3.05, 3.63) is 17.2 Å². The summed E-state index contributed by atoms with van der Waals surface area (Å²) in [4.78, 5) is 4.72. The van der Waals surface area contributed by atoms with Crippen LogP contribution in [0.2, 0.25) is 0 Å². The van der Waals surface area contributed by atoms with Gasteiger partial charge in [-0.25, -0.2) is 4.98 Å². The molecule has 2 aliphatic rings. The Labute approximate surface area is 103 Å². The normalized spacial score (nSPS) is 23.9. The van der Waals surface area contributed by atoms with Gasteiger partial charge in [-0.1, -0.05) is 0 Å². The van der Waals surface area contributed by atoms with Crippen molar-refractivity contribution < 1.29 is 4.74 Å². The van der Waals surface area contributed by atoms with Crippen LogP contribution in [0.4, 0.5) is 0 Å². The van der Waals surface area contributed by atoms with E-state index in [0.29, 0.717) is 6.10 Å². The van der Waals surface area contributed by atoms with Gasteiger partial charge in [0.2, 0.25) is 0 Å². The molecule has 1 saturated heterocycles. The van der Waals surface area contributed by atoms with Crippen molar-refractivity contribution in [2.24, 2.45) is 0 Å². The fourth-order valence-electron chi connectivity index (χ4n) is 3.18. The highest BCUT2D eigenvalue weighted by atomic mass is 16.5. The Balaban J connectivity index is 1.71. The summed E-state index contributed by atoms with van der Waals surface area (Å²) in [6.07, 6.45) is 9.19. The first kappa shape index (κ1) is 11.3. The summed E-state index contributed by atoms with van der Waals surface area (Å²) in [5.74, 6) is 1.20. The van der Waals surface area contributed by atoms with Crippen molar-refractivity contribution in [1.82, 2.24) is 9.55 Å². The van der Waals surface area contributed by atoms with Gasteiger partial charge in [-0.05, 0) is 51.9 Å². The smallest absolute Gasteiger partial charge is 0.106 e. The Morgan fingerprint density at radius 1 is 1.29 bits per heavy atom. The maximum absolute atomic E-state index is 5.70. The molecular weight excluding hydrogens is 212 g/mol. The van der Waals surface area contributed by atoms with Crippen LogP contribution >= 0.6 is 0 Å². The first-order valence-electron chi connectivity index (χ1n) is 7.01. The second-order valence-electron chi connectivity index (χ2n) is 5.33. The summed E-state index contributed by atoms with van der Waals surface area (Å²) in [5, 5.41) is 0. The fourth-order valence-corrected chi connectivity index (χ4v) is 3.18. The van der Waals surface area contributed by atoms with Gasteiger partial charge in [0.05, 0.1) is 11.8 Å². The van der Waals surface area contributed by atoms with E-state index in [0.717, 1.165) is 19.6 Å². The molecule has 1 aromatic rings. The van der Waals surface area contributed by atoms with Crippen LogP contribution < -0.4 is 0 Å². The highest BCUT2D eigenvalue weighted by molar-refractivity contribution is 5.19. The summed E-state index contributed by atoms with van der Waals surface area (Å²) in [6, 6.07) is 0. The van der Waals surface area contributed by atoms with Gasteiger partial charge in [-0.2, -0.15) is 0 Å². The maximum Gasteiger partial charge on any atom is 0.106 e. The van der Waals surface area contributed by atoms with Crippen molar-refractivity contribution in [2.45, 2.75) is 64.5 Å². The molecule has 2 heterocycles. The van der Waals surface area contributed by atoms with Gasteiger partial charge in [-0.15, -0.1) is 0 Å². The van der Waals surface area contributed by atoms with Crippen LogP contribution in [-0.2, 0) is 24.1 Å². The van der Waals surface area contributed by atoms with Crippen molar-refractivity contribution >= 4 is 0 Å². The van der Waals surface area contributed by atoms with Gasteiger partial charge in [-0.3, -0.25) is 0 Å². The molecule has 3 heteroatoms.